The molecule has 0 spiro atoms. The van der Waals surface area contributed by atoms with Gasteiger partial charge in [0.25, 0.3) is 0 Å². The van der Waals surface area contributed by atoms with Crippen LogP contribution in [0, 0.1) is 0 Å². The third-order valence-corrected chi connectivity index (χ3v) is 19.6. The van der Waals surface area contributed by atoms with Crippen molar-refractivity contribution >= 4 is 5.91 Å². The van der Waals surface area contributed by atoms with E-state index in [-0.39, 0.29) is 18.9 Å². The second-order valence-corrected chi connectivity index (χ2v) is 28.2. The van der Waals surface area contributed by atoms with E-state index in [1.807, 2.05) is 6.08 Å². The van der Waals surface area contributed by atoms with Crippen LogP contribution in [0.2, 0.25) is 0 Å². The van der Waals surface area contributed by atoms with Crippen LogP contribution in [-0.2, 0) is 33.2 Å². The molecule has 3 aliphatic rings. The summed E-state index contributed by atoms with van der Waals surface area (Å²) in [6.45, 7) is 1.74. The number of hydrogen-bond acceptors (Lipinski definition) is 18. The van der Waals surface area contributed by atoms with Gasteiger partial charge in [-0.1, -0.05) is 287 Å². The van der Waals surface area contributed by atoms with Crippen molar-refractivity contribution in [1.82, 2.24) is 5.32 Å². The first-order chi connectivity index (χ1) is 47.3. The molecule has 568 valence electrons. The predicted molar refractivity (Wildman–Crippen MR) is 383 cm³/mol. The van der Waals surface area contributed by atoms with Crippen LogP contribution in [0.5, 0.6) is 0 Å². The minimum absolute atomic E-state index is 0.238. The fraction of sp³-hybridized carbons (Fsp3) is 0.885. The van der Waals surface area contributed by atoms with Gasteiger partial charge in [-0.2, -0.15) is 0 Å². The van der Waals surface area contributed by atoms with Crippen LogP contribution in [0.25, 0.3) is 0 Å². The average Bonchev–Trinajstić information content (AvgIpc) is 0.798. The van der Waals surface area contributed by atoms with Gasteiger partial charge in [0, 0.05) is 6.42 Å². The van der Waals surface area contributed by atoms with Gasteiger partial charge >= 0.3 is 0 Å². The van der Waals surface area contributed by atoms with Gasteiger partial charge in [0.05, 0.1) is 38.6 Å². The van der Waals surface area contributed by atoms with Crippen molar-refractivity contribution in [3.8, 4) is 0 Å². The molecule has 17 unspecified atom stereocenters. The summed E-state index contributed by atoms with van der Waals surface area (Å²) in [6, 6.07) is -0.991. The highest BCUT2D eigenvalue weighted by Crippen LogP contribution is 2.33. The van der Waals surface area contributed by atoms with Crippen LogP contribution >= 0.6 is 0 Å². The fourth-order valence-corrected chi connectivity index (χ4v) is 13.2. The van der Waals surface area contributed by atoms with E-state index in [0.717, 1.165) is 44.9 Å². The lowest BCUT2D eigenvalue weighted by atomic mass is 9.96. The Bertz CT molecular complexity index is 1940. The molecule has 0 bridgehead atoms. The van der Waals surface area contributed by atoms with Gasteiger partial charge in [0.2, 0.25) is 5.91 Å². The second kappa shape index (κ2) is 59.2. The van der Waals surface area contributed by atoms with Gasteiger partial charge in [-0.05, 0) is 64.2 Å². The molecular weight excluding hydrogens is 1240 g/mol. The lowest BCUT2D eigenvalue weighted by Crippen LogP contribution is -2.66. The van der Waals surface area contributed by atoms with Crippen molar-refractivity contribution in [2.24, 2.45) is 0 Å². The van der Waals surface area contributed by atoms with Crippen LogP contribution in [-0.4, -0.2) is 193 Å². The quantitative estimate of drug-likeness (QED) is 0.0199. The van der Waals surface area contributed by atoms with Gasteiger partial charge < -0.3 is 89.9 Å². The maximum Gasteiger partial charge on any atom is 0.220 e. The Labute approximate surface area is 586 Å². The third-order valence-electron chi connectivity index (χ3n) is 19.6. The summed E-state index contributed by atoms with van der Waals surface area (Å²) in [6.07, 6.45) is 46.7. The average molecular weight is 1380 g/mol. The molecule has 0 aliphatic carbocycles. The van der Waals surface area contributed by atoms with E-state index in [4.69, 9.17) is 28.4 Å². The number of amides is 1. The van der Waals surface area contributed by atoms with Crippen molar-refractivity contribution < 1.29 is 89.4 Å². The van der Waals surface area contributed by atoms with Crippen LogP contribution < -0.4 is 5.32 Å². The topological polar surface area (TPSA) is 307 Å². The van der Waals surface area contributed by atoms with Crippen molar-refractivity contribution in [1.29, 1.82) is 0 Å². The molecule has 12 N–H and O–H groups in total. The maximum absolute atomic E-state index is 13.5. The Morgan fingerprint density at radius 3 is 1.09 bits per heavy atom. The highest BCUT2D eigenvalue weighted by atomic mass is 16.8. The highest BCUT2D eigenvalue weighted by Gasteiger charge is 2.53. The number of hydrogen-bond donors (Lipinski definition) is 12. The lowest BCUT2D eigenvalue weighted by molar-refractivity contribution is -0.379. The monoisotopic (exact) mass is 1380 g/mol. The number of aliphatic hydroxyl groups excluding tert-OH is 11. The van der Waals surface area contributed by atoms with Gasteiger partial charge in [0.1, 0.15) is 73.2 Å². The molecule has 19 nitrogen and oxygen atoms in total. The molecular formula is C78H143NO18. The zero-order chi connectivity index (χ0) is 70.4. The number of rotatable bonds is 62. The zero-order valence-corrected chi connectivity index (χ0v) is 60.6. The van der Waals surface area contributed by atoms with Crippen LogP contribution in [0.15, 0.2) is 48.6 Å². The maximum atomic E-state index is 13.5. The smallest absolute Gasteiger partial charge is 0.220 e. The highest BCUT2D eigenvalue weighted by molar-refractivity contribution is 5.76. The zero-order valence-electron chi connectivity index (χ0n) is 60.6. The molecule has 3 saturated heterocycles. The molecule has 97 heavy (non-hydrogen) atoms. The number of unbranched alkanes of at least 4 members (excludes halogenated alkanes) is 40. The first-order valence-corrected chi connectivity index (χ1v) is 39.4. The minimum atomic E-state index is -1.98. The van der Waals surface area contributed by atoms with E-state index in [1.54, 1.807) is 6.08 Å². The number of carbonyl (C=O) groups excluding carboxylic acids is 1. The summed E-state index contributed by atoms with van der Waals surface area (Å²) >= 11 is 0. The largest absolute Gasteiger partial charge is 0.394 e. The third kappa shape index (κ3) is 39.8. The number of ether oxygens (including phenoxy) is 6. The summed E-state index contributed by atoms with van der Waals surface area (Å²) in [5, 5.41) is 121. The standard InChI is InChI=1S/C78H143NO18/c1-3-5-7-9-11-13-15-17-19-21-23-25-26-27-28-29-30-31-32-33-34-36-38-40-42-44-46-48-50-52-54-56-66(84)79-61(62(83)55-53-51-49-47-45-43-41-39-37-35-24-22-20-18-16-14-12-10-8-6-4-2)60-92-76-72(90)69(87)74(64(58-81)94-76)97-78-73(91)70(88)75(65(59-82)95-78)96-77-71(89)68(86)67(85)63(57-80)93-77/h15,17,21,23,45,47,53,55,61-65,67-78,80-83,85-91H,3-14,16,18-20,22,24-44,46,48-52,54,56-60H2,1-2H3,(H,79,84)/b17-15-,23-21-,47-45+,55-53+. The van der Waals surface area contributed by atoms with Gasteiger partial charge in [-0.3, -0.25) is 4.79 Å². The second-order valence-electron chi connectivity index (χ2n) is 28.2. The van der Waals surface area contributed by atoms with E-state index >= 15 is 0 Å². The Balaban J connectivity index is 1.38. The Morgan fingerprint density at radius 1 is 0.371 bits per heavy atom. The SMILES string of the molecule is CCCCCCC/C=C\C/C=C\CCCCCCCCCCCCCCCCCCCCCC(=O)NC(COC1OC(CO)C(OC2OC(CO)C(OC3OC(CO)C(O)C(O)C3O)C(O)C2O)C(O)C1O)C(O)/C=C/CC/C=C/CCCCCCCCCCCCCCCCC. The Hall–Kier alpha value is -2.25. The molecule has 1 amide bonds. The van der Waals surface area contributed by atoms with Crippen molar-refractivity contribution in [3.05, 3.63) is 48.6 Å². The summed E-state index contributed by atoms with van der Waals surface area (Å²) < 4.78 is 34.4. The van der Waals surface area contributed by atoms with E-state index in [9.17, 15) is 61.0 Å². The van der Waals surface area contributed by atoms with E-state index in [1.165, 1.54) is 231 Å². The number of nitrogens with one attached hydrogen (secondary N) is 1. The molecule has 0 aromatic rings. The first-order valence-electron chi connectivity index (χ1n) is 39.4. The van der Waals surface area contributed by atoms with Gasteiger partial charge in [-0.15, -0.1) is 0 Å². The van der Waals surface area contributed by atoms with Crippen molar-refractivity contribution in [3.63, 3.8) is 0 Å². The summed E-state index contributed by atoms with van der Waals surface area (Å²) in [5.74, 6) is -0.281. The molecule has 17 atom stereocenters. The molecule has 3 aliphatic heterocycles. The van der Waals surface area contributed by atoms with Crippen molar-refractivity contribution in [2.75, 3.05) is 26.4 Å². The Morgan fingerprint density at radius 2 is 0.691 bits per heavy atom. The van der Waals surface area contributed by atoms with Gasteiger partial charge in [-0.25, -0.2) is 0 Å². The summed E-state index contributed by atoms with van der Waals surface area (Å²) in [5.41, 5.74) is 0. The Kier molecular flexibility index (Phi) is 54.3. The number of carbonyl (C=O) groups is 1. The molecule has 0 aromatic carbocycles. The normalized spacial score (nSPS) is 27.1. The summed E-state index contributed by atoms with van der Waals surface area (Å²) in [4.78, 5) is 13.5. The molecule has 3 rings (SSSR count). The van der Waals surface area contributed by atoms with Crippen molar-refractivity contribution in [2.45, 2.75) is 413 Å². The molecule has 3 fully saturated rings. The van der Waals surface area contributed by atoms with Crippen LogP contribution in [0.3, 0.4) is 0 Å². The first kappa shape index (κ1) is 89.0. The molecule has 0 saturated carbocycles. The summed E-state index contributed by atoms with van der Waals surface area (Å²) in [7, 11) is 0. The molecule has 3 heterocycles. The van der Waals surface area contributed by atoms with Crippen LogP contribution in [0.1, 0.15) is 309 Å². The minimum Gasteiger partial charge on any atom is -0.394 e. The fourth-order valence-electron chi connectivity index (χ4n) is 13.2. The van der Waals surface area contributed by atoms with Crippen LogP contribution in [0.4, 0.5) is 0 Å². The molecule has 0 radical (unpaired) electrons. The van der Waals surface area contributed by atoms with E-state index in [0.29, 0.717) is 12.8 Å². The van der Waals surface area contributed by atoms with E-state index in [2.05, 4.69) is 55.6 Å². The van der Waals surface area contributed by atoms with Gasteiger partial charge in [0.15, 0.2) is 18.9 Å². The van der Waals surface area contributed by atoms with E-state index < -0.39 is 124 Å². The number of allylic oxidation sites excluding steroid dienone is 7. The molecule has 0 aromatic heterocycles. The lowest BCUT2D eigenvalue weighted by Gasteiger charge is -2.48. The predicted octanol–water partition coefficient (Wildman–Crippen LogP) is 12.5. The number of aliphatic hydroxyl groups is 11. The molecule has 19 heteroatoms.